The van der Waals surface area contributed by atoms with E-state index in [1.807, 2.05) is 0 Å². The van der Waals surface area contributed by atoms with Crippen LogP contribution in [0, 0.1) is 12.7 Å². The van der Waals surface area contributed by atoms with Gasteiger partial charge in [0.15, 0.2) is 6.17 Å². The number of hydrogen-bond donors (Lipinski definition) is 2. The number of nitrogens with one attached hydrogen (secondary N) is 1. The van der Waals surface area contributed by atoms with Gasteiger partial charge < -0.3 is 16.0 Å². The first-order chi connectivity index (χ1) is 16.5. The average Bonchev–Trinajstić information content (AvgIpc) is 3.37. The van der Waals surface area contributed by atoms with Gasteiger partial charge in [-0.25, -0.2) is 12.8 Å². The van der Waals surface area contributed by atoms with Crippen molar-refractivity contribution in [1.82, 2.24) is 24.3 Å². The van der Waals surface area contributed by atoms with Crippen molar-refractivity contribution < 1.29 is 22.4 Å². The molecule has 4 rings (SSSR count). The Hall–Kier alpha value is -2.54. The Balaban J connectivity index is 1.69. The van der Waals surface area contributed by atoms with Gasteiger partial charge in [-0.1, -0.05) is 11.6 Å². The lowest BCUT2D eigenvalue weighted by atomic mass is 9.92. The van der Waals surface area contributed by atoms with E-state index in [0.29, 0.717) is 12.8 Å². The van der Waals surface area contributed by atoms with Gasteiger partial charge in [0.05, 0.1) is 5.69 Å². The van der Waals surface area contributed by atoms with Crippen LogP contribution in [0.2, 0.25) is 5.15 Å². The van der Waals surface area contributed by atoms with E-state index in [4.69, 9.17) is 17.3 Å². The molecular formula is C22H28ClFN6O4S. The normalized spacial score (nSPS) is 23.5. The molecule has 1 saturated heterocycles. The van der Waals surface area contributed by atoms with Crippen molar-refractivity contribution in [2.45, 2.75) is 55.8 Å². The van der Waals surface area contributed by atoms with Crippen LogP contribution in [0.4, 0.5) is 4.39 Å². The van der Waals surface area contributed by atoms with Crippen LogP contribution in [0.25, 0.3) is 0 Å². The number of aryl methyl sites for hydroxylation is 2. The summed E-state index contributed by atoms with van der Waals surface area (Å²) in [5.41, 5.74) is 6.28. The van der Waals surface area contributed by atoms with Crippen LogP contribution < -0.4 is 11.1 Å². The van der Waals surface area contributed by atoms with E-state index in [0.717, 1.165) is 29.3 Å². The highest BCUT2D eigenvalue weighted by Gasteiger charge is 2.48. The number of carbonyl (C=O) groups excluding carboxylic acids is 2. The third kappa shape index (κ3) is 4.92. The van der Waals surface area contributed by atoms with Crippen molar-refractivity contribution in [2.24, 2.45) is 12.8 Å². The molecule has 35 heavy (non-hydrogen) atoms. The molecule has 2 aliphatic rings. The molecule has 2 heterocycles. The van der Waals surface area contributed by atoms with Crippen molar-refractivity contribution >= 4 is 33.4 Å². The summed E-state index contributed by atoms with van der Waals surface area (Å²) in [6.45, 7) is 1.37. The van der Waals surface area contributed by atoms with E-state index in [-0.39, 0.29) is 46.5 Å². The molecule has 0 spiro atoms. The maximum absolute atomic E-state index is 13.7. The van der Waals surface area contributed by atoms with E-state index in [2.05, 4.69) is 10.4 Å². The molecule has 1 aliphatic carbocycles. The van der Waals surface area contributed by atoms with Crippen LogP contribution in [0.5, 0.6) is 0 Å². The third-order valence-corrected chi connectivity index (χ3v) is 9.05. The molecule has 2 fully saturated rings. The Morgan fingerprint density at radius 2 is 1.77 bits per heavy atom. The first kappa shape index (κ1) is 25.5. The molecule has 1 unspecified atom stereocenters. The van der Waals surface area contributed by atoms with Crippen LogP contribution in [0.1, 0.15) is 41.7 Å². The van der Waals surface area contributed by atoms with Gasteiger partial charge in [0, 0.05) is 37.8 Å². The maximum Gasteiger partial charge on any atom is 0.259 e. The smallest absolute Gasteiger partial charge is 0.259 e. The SMILES string of the molecule is Cc1nn(C)c(Cl)c1S(=O)(=O)N1CCN(C(=O)c2ccc(F)cc2)C1C(=O)NC1CCC(N)CC1. The summed E-state index contributed by atoms with van der Waals surface area (Å²) >= 11 is 6.25. The number of hydrogen-bond acceptors (Lipinski definition) is 6. The first-order valence-electron chi connectivity index (χ1n) is 11.3. The highest BCUT2D eigenvalue weighted by molar-refractivity contribution is 7.89. The Kier molecular flexibility index (Phi) is 7.18. The first-order valence-corrected chi connectivity index (χ1v) is 13.2. The van der Waals surface area contributed by atoms with Crippen molar-refractivity contribution in [2.75, 3.05) is 13.1 Å². The molecule has 2 aromatic rings. The van der Waals surface area contributed by atoms with Crippen LogP contribution in [-0.4, -0.2) is 70.6 Å². The zero-order valence-corrected chi connectivity index (χ0v) is 21.0. The molecule has 1 aliphatic heterocycles. The minimum absolute atomic E-state index is 0.0278. The predicted molar refractivity (Wildman–Crippen MR) is 126 cm³/mol. The fourth-order valence-electron chi connectivity index (χ4n) is 4.66. The van der Waals surface area contributed by atoms with Gasteiger partial charge >= 0.3 is 0 Å². The number of nitrogens with two attached hydrogens (primary N) is 1. The van der Waals surface area contributed by atoms with Crippen molar-refractivity contribution in [3.63, 3.8) is 0 Å². The number of rotatable bonds is 5. The topological polar surface area (TPSA) is 131 Å². The zero-order chi connectivity index (χ0) is 25.5. The molecule has 3 N–H and O–H groups in total. The summed E-state index contributed by atoms with van der Waals surface area (Å²) < 4.78 is 43.0. The molecule has 1 aromatic carbocycles. The summed E-state index contributed by atoms with van der Waals surface area (Å²) in [6, 6.07) is 4.76. The van der Waals surface area contributed by atoms with Crippen molar-refractivity contribution in [3.8, 4) is 0 Å². The fourth-order valence-corrected chi connectivity index (χ4v) is 6.92. The summed E-state index contributed by atoms with van der Waals surface area (Å²) in [5, 5.41) is 6.89. The molecule has 0 radical (unpaired) electrons. The zero-order valence-electron chi connectivity index (χ0n) is 19.4. The summed E-state index contributed by atoms with van der Waals surface area (Å²) in [5.74, 6) is -1.71. The molecule has 13 heteroatoms. The predicted octanol–water partition coefficient (Wildman–Crippen LogP) is 1.38. The molecule has 1 saturated carbocycles. The molecule has 2 amide bonds. The maximum atomic E-state index is 13.7. The number of sulfonamides is 1. The standard InChI is InChI=1S/C22H28ClFN6O4S/c1-13-18(19(23)28(2)27-13)35(33,34)30-12-11-29(22(32)14-3-5-15(24)6-4-14)21(30)20(31)26-17-9-7-16(25)8-10-17/h3-6,16-17,21H,7-12,25H2,1-2H3,(H,26,31). The second-order valence-electron chi connectivity index (χ2n) is 8.94. The molecule has 1 atom stereocenters. The second-order valence-corrected chi connectivity index (χ2v) is 11.1. The van der Waals surface area contributed by atoms with E-state index in [1.165, 1.54) is 35.7 Å². The summed E-state index contributed by atoms with van der Waals surface area (Å²) in [6.07, 6.45) is 1.35. The van der Waals surface area contributed by atoms with Gasteiger partial charge in [-0.05, 0) is 56.9 Å². The van der Waals surface area contributed by atoms with Gasteiger partial charge in [0.25, 0.3) is 11.8 Å². The van der Waals surface area contributed by atoms with Gasteiger partial charge in [-0.2, -0.15) is 9.40 Å². The Morgan fingerprint density at radius 3 is 2.34 bits per heavy atom. The van der Waals surface area contributed by atoms with Crippen molar-refractivity contribution in [3.05, 3.63) is 46.5 Å². The van der Waals surface area contributed by atoms with Gasteiger partial charge in [0.1, 0.15) is 15.9 Å². The van der Waals surface area contributed by atoms with Gasteiger partial charge in [-0.15, -0.1) is 0 Å². The van der Waals surface area contributed by atoms with E-state index >= 15 is 0 Å². The van der Waals surface area contributed by atoms with Crippen LogP contribution in [0.3, 0.4) is 0 Å². The lowest BCUT2D eigenvalue weighted by molar-refractivity contribution is -0.128. The highest BCUT2D eigenvalue weighted by Crippen LogP contribution is 2.32. The van der Waals surface area contributed by atoms with Crippen LogP contribution in [-0.2, 0) is 21.9 Å². The molecule has 1 aromatic heterocycles. The molecule has 0 bridgehead atoms. The lowest BCUT2D eigenvalue weighted by Gasteiger charge is -2.32. The second kappa shape index (κ2) is 9.84. The Morgan fingerprint density at radius 1 is 1.14 bits per heavy atom. The largest absolute Gasteiger partial charge is 0.350 e. The number of benzene rings is 1. The van der Waals surface area contributed by atoms with Crippen LogP contribution >= 0.6 is 11.6 Å². The highest BCUT2D eigenvalue weighted by atomic mass is 35.5. The minimum atomic E-state index is -4.29. The minimum Gasteiger partial charge on any atom is -0.350 e. The molecular weight excluding hydrogens is 499 g/mol. The van der Waals surface area contributed by atoms with E-state index in [9.17, 15) is 22.4 Å². The monoisotopic (exact) mass is 526 g/mol. The number of carbonyl (C=O) groups is 2. The average molecular weight is 527 g/mol. The molecule has 190 valence electrons. The van der Waals surface area contributed by atoms with Crippen LogP contribution in [0.15, 0.2) is 29.2 Å². The summed E-state index contributed by atoms with van der Waals surface area (Å²) in [4.78, 5) is 27.8. The summed E-state index contributed by atoms with van der Waals surface area (Å²) in [7, 11) is -2.78. The number of halogens is 2. The quantitative estimate of drug-likeness (QED) is 0.605. The lowest BCUT2D eigenvalue weighted by Crippen LogP contribution is -2.56. The number of amides is 2. The van der Waals surface area contributed by atoms with E-state index in [1.54, 1.807) is 0 Å². The third-order valence-electron chi connectivity index (χ3n) is 6.50. The van der Waals surface area contributed by atoms with E-state index < -0.39 is 33.8 Å². The number of aromatic nitrogens is 2. The van der Waals surface area contributed by atoms with Crippen molar-refractivity contribution in [1.29, 1.82) is 0 Å². The molecule has 10 nitrogen and oxygen atoms in total. The Labute approximate surface area is 208 Å². The van der Waals surface area contributed by atoms with Gasteiger partial charge in [0.2, 0.25) is 10.0 Å². The Bertz CT molecular complexity index is 1230. The van der Waals surface area contributed by atoms with Gasteiger partial charge in [-0.3, -0.25) is 14.3 Å². The number of nitrogens with zero attached hydrogens (tertiary/aromatic N) is 4. The fraction of sp³-hybridized carbons (Fsp3) is 0.500.